The van der Waals surface area contributed by atoms with Crippen molar-refractivity contribution in [1.82, 2.24) is 19.9 Å². The van der Waals surface area contributed by atoms with E-state index < -0.39 is 0 Å². The van der Waals surface area contributed by atoms with E-state index >= 15 is 0 Å². The van der Waals surface area contributed by atoms with Crippen LogP contribution in [0.4, 0.5) is 0 Å². The number of nitrogens with zero attached hydrogens (tertiary/aromatic N) is 5. The normalized spacial score (nSPS) is 10.2. The van der Waals surface area contributed by atoms with Gasteiger partial charge in [-0.25, -0.2) is 4.98 Å². The zero-order chi connectivity index (χ0) is 20.6. The molecule has 0 unspecified atom stereocenters. The van der Waals surface area contributed by atoms with Crippen molar-refractivity contribution in [2.75, 3.05) is 13.6 Å². The van der Waals surface area contributed by atoms with E-state index in [1.807, 2.05) is 30.3 Å². The van der Waals surface area contributed by atoms with E-state index in [-0.39, 0.29) is 5.91 Å². The summed E-state index contributed by atoms with van der Waals surface area (Å²) in [6, 6.07) is 11.4. The Morgan fingerprint density at radius 1 is 1.14 bits per heavy atom. The molecular weight excluding hydrogens is 366 g/mol. The number of rotatable bonds is 7. The first kappa shape index (κ1) is 20.0. The van der Waals surface area contributed by atoms with Gasteiger partial charge in [-0.1, -0.05) is 12.1 Å². The molecule has 0 aliphatic rings. The van der Waals surface area contributed by atoms with Crippen LogP contribution in [0.3, 0.4) is 0 Å². The van der Waals surface area contributed by atoms with Crippen LogP contribution in [0.2, 0.25) is 0 Å². The van der Waals surface area contributed by atoms with Gasteiger partial charge in [0, 0.05) is 44.7 Å². The molecule has 1 amide bonds. The highest BCUT2D eigenvalue weighted by molar-refractivity contribution is 5.72. The quantitative estimate of drug-likeness (QED) is 0.615. The van der Waals surface area contributed by atoms with Crippen LogP contribution in [0.1, 0.15) is 24.6 Å². The molecule has 29 heavy (non-hydrogen) atoms. The Labute approximate surface area is 169 Å². The molecule has 0 bridgehead atoms. The van der Waals surface area contributed by atoms with Crippen molar-refractivity contribution < 1.29 is 9.53 Å². The van der Waals surface area contributed by atoms with Crippen molar-refractivity contribution in [3.05, 3.63) is 66.4 Å². The lowest BCUT2D eigenvalue weighted by molar-refractivity contribution is -0.127. The van der Waals surface area contributed by atoms with Crippen LogP contribution in [-0.2, 0) is 11.2 Å². The number of carbonyl (C=O) groups excluding carboxylic acids is 1. The maximum Gasteiger partial charge on any atom is 0.238 e. The van der Waals surface area contributed by atoms with Crippen molar-refractivity contribution in [3.63, 3.8) is 0 Å². The highest BCUT2D eigenvalue weighted by atomic mass is 16.5. The maximum atomic E-state index is 11.3. The van der Waals surface area contributed by atoms with E-state index in [9.17, 15) is 10.1 Å². The number of ether oxygens (including phenoxy) is 1. The van der Waals surface area contributed by atoms with Gasteiger partial charge in [-0.05, 0) is 36.6 Å². The van der Waals surface area contributed by atoms with Crippen LogP contribution in [0.15, 0.2) is 55.1 Å². The lowest BCUT2D eigenvalue weighted by Crippen LogP contribution is -2.25. The second-order valence-electron chi connectivity index (χ2n) is 6.55. The van der Waals surface area contributed by atoms with Gasteiger partial charge >= 0.3 is 0 Å². The Morgan fingerprint density at radius 3 is 2.66 bits per heavy atom. The molecule has 0 spiro atoms. The first-order chi connectivity index (χ1) is 14.1. The maximum absolute atomic E-state index is 11.3. The highest BCUT2D eigenvalue weighted by Gasteiger charge is 2.07. The molecule has 0 aliphatic carbocycles. The number of aryl methyl sites for hydroxylation is 1. The number of amides is 1. The van der Waals surface area contributed by atoms with Gasteiger partial charge in [0.1, 0.15) is 11.8 Å². The zero-order valence-corrected chi connectivity index (χ0v) is 16.4. The van der Waals surface area contributed by atoms with E-state index in [0.717, 1.165) is 23.2 Å². The minimum Gasteiger partial charge on any atom is -0.437 e. The molecule has 0 saturated carbocycles. The van der Waals surface area contributed by atoms with Gasteiger partial charge in [-0.2, -0.15) is 5.26 Å². The third kappa shape index (κ3) is 5.36. The molecule has 0 fully saturated rings. The summed E-state index contributed by atoms with van der Waals surface area (Å²) in [6.07, 6.45) is 7.99. The lowest BCUT2D eigenvalue weighted by atomic mass is 10.0. The first-order valence-corrected chi connectivity index (χ1v) is 9.22. The SMILES string of the molecule is CC(=O)N(C)CCCc1cncc(Oc2ccc(-c3ccncc3C#N)cc2)n1. The Kier molecular flexibility index (Phi) is 6.48. The third-order valence-electron chi connectivity index (χ3n) is 4.46. The monoisotopic (exact) mass is 387 g/mol. The molecule has 0 radical (unpaired) electrons. The number of aromatic nitrogens is 3. The average Bonchev–Trinajstić information content (AvgIpc) is 2.74. The van der Waals surface area contributed by atoms with Crippen LogP contribution in [0.25, 0.3) is 11.1 Å². The molecule has 0 atom stereocenters. The number of benzene rings is 1. The van der Waals surface area contributed by atoms with Crippen molar-refractivity contribution in [1.29, 1.82) is 5.26 Å². The molecular formula is C22H21N5O2. The fraction of sp³-hybridized carbons (Fsp3) is 0.227. The second-order valence-corrected chi connectivity index (χ2v) is 6.55. The third-order valence-corrected chi connectivity index (χ3v) is 4.46. The van der Waals surface area contributed by atoms with Gasteiger partial charge < -0.3 is 9.64 Å². The molecule has 0 saturated heterocycles. The molecule has 7 heteroatoms. The molecule has 3 rings (SSSR count). The Hall–Kier alpha value is -3.79. The zero-order valence-electron chi connectivity index (χ0n) is 16.4. The van der Waals surface area contributed by atoms with Crippen LogP contribution in [0, 0.1) is 11.3 Å². The van der Waals surface area contributed by atoms with Crippen LogP contribution >= 0.6 is 0 Å². The number of hydrogen-bond donors (Lipinski definition) is 0. The minimum absolute atomic E-state index is 0.0465. The molecule has 1 aromatic carbocycles. The van der Waals surface area contributed by atoms with Gasteiger partial charge in [0.25, 0.3) is 0 Å². The standard InChI is InChI=1S/C22H21N5O2/c1-16(28)27(2)11-3-4-19-14-25-15-22(26-19)29-20-7-5-17(6-8-20)21-9-10-24-13-18(21)12-23/h5-10,13-15H,3-4,11H2,1-2H3. The predicted molar refractivity (Wildman–Crippen MR) is 108 cm³/mol. The second kappa shape index (κ2) is 9.42. The van der Waals surface area contributed by atoms with E-state index in [1.54, 1.807) is 43.7 Å². The van der Waals surface area contributed by atoms with Gasteiger partial charge in [-0.15, -0.1) is 0 Å². The topological polar surface area (TPSA) is 92.0 Å². The molecule has 3 aromatic rings. The number of hydrogen-bond acceptors (Lipinski definition) is 6. The number of nitriles is 1. The first-order valence-electron chi connectivity index (χ1n) is 9.22. The van der Waals surface area contributed by atoms with Crippen LogP contribution in [0.5, 0.6) is 11.6 Å². The minimum atomic E-state index is 0.0465. The summed E-state index contributed by atoms with van der Waals surface area (Å²) in [6.45, 7) is 2.22. The molecule has 7 nitrogen and oxygen atoms in total. The van der Waals surface area contributed by atoms with E-state index in [1.165, 1.54) is 0 Å². The van der Waals surface area contributed by atoms with Gasteiger partial charge in [0.15, 0.2) is 0 Å². The van der Waals surface area contributed by atoms with Crippen LogP contribution in [-0.4, -0.2) is 39.4 Å². The Morgan fingerprint density at radius 2 is 1.93 bits per heavy atom. The van der Waals surface area contributed by atoms with E-state index in [0.29, 0.717) is 30.2 Å². The van der Waals surface area contributed by atoms with Crippen LogP contribution < -0.4 is 4.74 Å². The number of pyridine rings is 1. The largest absolute Gasteiger partial charge is 0.437 e. The summed E-state index contributed by atoms with van der Waals surface area (Å²) in [7, 11) is 1.78. The molecule has 2 aromatic heterocycles. The van der Waals surface area contributed by atoms with E-state index in [4.69, 9.17) is 4.74 Å². The van der Waals surface area contributed by atoms with Gasteiger partial charge in [0.05, 0.1) is 17.5 Å². The summed E-state index contributed by atoms with van der Waals surface area (Å²) in [5.74, 6) is 1.09. The summed E-state index contributed by atoms with van der Waals surface area (Å²) >= 11 is 0. The van der Waals surface area contributed by atoms with Crippen molar-refractivity contribution in [2.45, 2.75) is 19.8 Å². The molecule has 0 N–H and O–H groups in total. The van der Waals surface area contributed by atoms with Gasteiger partial charge in [-0.3, -0.25) is 14.8 Å². The Bertz CT molecular complexity index is 1030. The van der Waals surface area contributed by atoms with E-state index in [2.05, 4.69) is 21.0 Å². The average molecular weight is 387 g/mol. The fourth-order valence-electron chi connectivity index (χ4n) is 2.77. The highest BCUT2D eigenvalue weighted by Crippen LogP contribution is 2.26. The number of carbonyl (C=O) groups is 1. The summed E-state index contributed by atoms with van der Waals surface area (Å²) < 4.78 is 5.82. The molecule has 146 valence electrons. The summed E-state index contributed by atoms with van der Waals surface area (Å²) in [5, 5.41) is 9.22. The fourth-order valence-corrected chi connectivity index (χ4v) is 2.77. The lowest BCUT2D eigenvalue weighted by Gasteiger charge is -2.14. The molecule has 2 heterocycles. The Balaban J connectivity index is 1.65. The van der Waals surface area contributed by atoms with Crippen molar-refractivity contribution in [2.24, 2.45) is 0 Å². The van der Waals surface area contributed by atoms with Crippen molar-refractivity contribution in [3.8, 4) is 28.8 Å². The molecule has 0 aliphatic heterocycles. The summed E-state index contributed by atoms with van der Waals surface area (Å²) in [4.78, 5) is 25.6. The predicted octanol–water partition coefficient (Wildman–Crippen LogP) is 3.61. The smallest absolute Gasteiger partial charge is 0.238 e. The van der Waals surface area contributed by atoms with Gasteiger partial charge in [0.2, 0.25) is 11.8 Å². The summed E-state index contributed by atoms with van der Waals surface area (Å²) in [5.41, 5.74) is 3.07. The van der Waals surface area contributed by atoms with Crippen molar-refractivity contribution >= 4 is 5.91 Å².